The van der Waals surface area contributed by atoms with E-state index in [9.17, 15) is 23.3 Å². The number of carbonyl (C=O) groups excluding carboxylic acids is 1. The monoisotopic (exact) mass is 416 g/mol. The van der Waals surface area contributed by atoms with Gasteiger partial charge in [-0.2, -0.15) is 4.31 Å². The lowest BCUT2D eigenvalue weighted by molar-refractivity contribution is -0.384. The van der Waals surface area contributed by atoms with Crippen molar-refractivity contribution in [3.8, 4) is 0 Å². The van der Waals surface area contributed by atoms with Crippen molar-refractivity contribution in [2.24, 2.45) is 0 Å². The summed E-state index contributed by atoms with van der Waals surface area (Å²) in [5.41, 5.74) is -0.538. The number of nitro benzene ring substituents is 1. The highest BCUT2D eigenvalue weighted by molar-refractivity contribution is 7.89. The van der Waals surface area contributed by atoms with Gasteiger partial charge in [-0.15, -0.1) is 0 Å². The van der Waals surface area contributed by atoms with Crippen molar-refractivity contribution in [2.45, 2.75) is 31.7 Å². The first kappa shape index (κ1) is 20.8. The van der Waals surface area contributed by atoms with Gasteiger partial charge in [0.15, 0.2) is 5.82 Å². The molecule has 0 unspecified atom stereocenters. The molecule has 0 saturated carbocycles. The molecule has 12 heteroatoms. The minimum absolute atomic E-state index is 0.153. The molecule has 146 valence electrons. The van der Waals surface area contributed by atoms with Gasteiger partial charge in [-0.3, -0.25) is 14.9 Å². The van der Waals surface area contributed by atoms with Crippen LogP contribution < -0.4 is 5.32 Å². The topological polar surface area (TPSA) is 136 Å². The zero-order chi connectivity index (χ0) is 20.4. The number of hydrogen-bond acceptors (Lipinski definition) is 7. The lowest BCUT2D eigenvalue weighted by Crippen LogP contribution is -2.42. The molecule has 0 fully saturated rings. The molecule has 2 rings (SSSR count). The van der Waals surface area contributed by atoms with Gasteiger partial charge in [-0.05, 0) is 32.9 Å². The molecule has 0 atom stereocenters. The quantitative estimate of drug-likeness (QED) is 0.541. The van der Waals surface area contributed by atoms with Crippen LogP contribution in [0.25, 0.3) is 0 Å². The normalized spacial score (nSPS) is 11.8. The Morgan fingerprint density at radius 1 is 1.41 bits per heavy atom. The third-order valence-electron chi connectivity index (χ3n) is 3.49. The zero-order valence-corrected chi connectivity index (χ0v) is 16.2. The number of nitro groups is 1. The molecule has 2 aromatic rings. The molecule has 1 aromatic carbocycles. The van der Waals surface area contributed by atoms with Crippen LogP contribution in [0.4, 0.5) is 11.5 Å². The fraction of sp³-hybridized carbons (Fsp3) is 0.333. The zero-order valence-electron chi connectivity index (χ0n) is 14.7. The summed E-state index contributed by atoms with van der Waals surface area (Å²) in [4.78, 5) is 22.1. The van der Waals surface area contributed by atoms with Crippen molar-refractivity contribution in [1.29, 1.82) is 0 Å². The van der Waals surface area contributed by atoms with E-state index < -0.39 is 39.1 Å². The van der Waals surface area contributed by atoms with Crippen LogP contribution in [0.2, 0.25) is 5.02 Å². The summed E-state index contributed by atoms with van der Waals surface area (Å²) in [5, 5.41) is 16.9. The molecule has 0 aliphatic heterocycles. The van der Waals surface area contributed by atoms with Crippen molar-refractivity contribution in [3.63, 3.8) is 0 Å². The van der Waals surface area contributed by atoms with Gasteiger partial charge in [-0.25, -0.2) is 8.42 Å². The van der Waals surface area contributed by atoms with Crippen LogP contribution in [-0.2, 0) is 14.8 Å². The van der Waals surface area contributed by atoms with Gasteiger partial charge >= 0.3 is 0 Å². The lowest BCUT2D eigenvalue weighted by Gasteiger charge is -2.25. The Morgan fingerprint density at radius 2 is 2.07 bits per heavy atom. The van der Waals surface area contributed by atoms with Crippen molar-refractivity contribution in [1.82, 2.24) is 9.46 Å². The number of hydrogen-bond donors (Lipinski definition) is 1. The van der Waals surface area contributed by atoms with Crippen molar-refractivity contribution in [3.05, 3.63) is 45.2 Å². The number of sulfonamides is 1. The van der Waals surface area contributed by atoms with Crippen molar-refractivity contribution < 1.29 is 22.7 Å². The summed E-state index contributed by atoms with van der Waals surface area (Å²) in [5.74, 6) is -0.00289. The maximum Gasteiger partial charge on any atom is 0.289 e. The maximum absolute atomic E-state index is 12.9. The number of carbonyl (C=O) groups is 1. The van der Waals surface area contributed by atoms with E-state index in [4.69, 9.17) is 16.1 Å². The van der Waals surface area contributed by atoms with E-state index in [1.165, 1.54) is 6.07 Å². The third kappa shape index (κ3) is 4.81. The van der Waals surface area contributed by atoms with Gasteiger partial charge in [0.1, 0.15) is 10.8 Å². The predicted octanol–water partition coefficient (Wildman–Crippen LogP) is 2.58. The summed E-state index contributed by atoms with van der Waals surface area (Å²) < 4.78 is 31.5. The maximum atomic E-state index is 12.9. The van der Waals surface area contributed by atoms with Crippen LogP contribution in [0.1, 0.15) is 19.6 Å². The molecule has 0 radical (unpaired) electrons. The fourth-order valence-electron chi connectivity index (χ4n) is 2.22. The van der Waals surface area contributed by atoms with Crippen LogP contribution in [0.3, 0.4) is 0 Å². The SMILES string of the molecule is Cc1cc(NC(=O)CN(C(C)C)S(=O)(=O)c2ccc(Cl)c([N+](=O)[O-])c2)no1. The number of aromatic nitrogens is 1. The second kappa shape index (κ2) is 8.03. The molecule has 0 aliphatic carbocycles. The standard InChI is InChI=1S/C15H17ClN4O6S/c1-9(2)19(8-15(21)17-14-6-10(3)26-18-14)27(24,25)11-4-5-12(16)13(7-11)20(22)23/h4-7,9H,8H2,1-3H3,(H,17,18,21). The number of nitrogens with one attached hydrogen (secondary N) is 1. The Labute approximate surface area is 160 Å². The molecule has 27 heavy (non-hydrogen) atoms. The van der Waals surface area contributed by atoms with E-state index in [0.717, 1.165) is 22.5 Å². The largest absolute Gasteiger partial charge is 0.360 e. The van der Waals surface area contributed by atoms with Gasteiger partial charge in [-0.1, -0.05) is 16.8 Å². The van der Waals surface area contributed by atoms with Crippen LogP contribution >= 0.6 is 11.6 Å². The van der Waals surface area contributed by atoms with E-state index in [1.807, 2.05) is 0 Å². The van der Waals surface area contributed by atoms with E-state index in [0.29, 0.717) is 5.76 Å². The average Bonchev–Trinajstić information content (AvgIpc) is 2.97. The van der Waals surface area contributed by atoms with Gasteiger partial charge in [0, 0.05) is 18.2 Å². The Balaban J connectivity index is 2.30. The molecule has 0 bridgehead atoms. The smallest absolute Gasteiger partial charge is 0.289 e. The first-order valence-electron chi connectivity index (χ1n) is 7.71. The molecule has 1 N–H and O–H groups in total. The number of rotatable bonds is 7. The van der Waals surface area contributed by atoms with Crippen LogP contribution in [-0.4, -0.2) is 41.3 Å². The number of amides is 1. The van der Waals surface area contributed by atoms with Crippen LogP contribution in [0.15, 0.2) is 33.7 Å². The summed E-state index contributed by atoms with van der Waals surface area (Å²) in [6.07, 6.45) is 0. The Hall–Kier alpha value is -2.50. The molecule has 0 saturated heterocycles. The molecular weight excluding hydrogens is 400 g/mol. The lowest BCUT2D eigenvalue weighted by atomic mass is 10.3. The number of benzene rings is 1. The van der Waals surface area contributed by atoms with E-state index in [-0.39, 0.29) is 15.7 Å². The third-order valence-corrected chi connectivity index (χ3v) is 5.83. The Morgan fingerprint density at radius 3 is 2.59 bits per heavy atom. The van der Waals surface area contributed by atoms with Gasteiger partial charge in [0.2, 0.25) is 15.9 Å². The van der Waals surface area contributed by atoms with Gasteiger partial charge in [0.25, 0.3) is 5.69 Å². The first-order valence-corrected chi connectivity index (χ1v) is 9.53. The Kier molecular flexibility index (Phi) is 6.19. The second-order valence-corrected chi connectivity index (χ2v) is 8.18. The summed E-state index contributed by atoms with van der Waals surface area (Å²) in [6.45, 7) is 4.29. The predicted molar refractivity (Wildman–Crippen MR) is 97.0 cm³/mol. The van der Waals surface area contributed by atoms with Gasteiger partial charge < -0.3 is 9.84 Å². The molecule has 10 nitrogen and oxygen atoms in total. The molecule has 1 heterocycles. The van der Waals surface area contributed by atoms with Crippen molar-refractivity contribution >= 4 is 39.0 Å². The second-order valence-electron chi connectivity index (χ2n) is 5.89. The van der Waals surface area contributed by atoms with E-state index in [1.54, 1.807) is 20.8 Å². The molecule has 0 aliphatic rings. The minimum Gasteiger partial charge on any atom is -0.360 e. The summed E-state index contributed by atoms with van der Waals surface area (Å²) in [7, 11) is -4.19. The number of halogens is 1. The molecule has 1 aromatic heterocycles. The Bertz CT molecular complexity index is 972. The molecular formula is C15H17ClN4O6S. The fourth-order valence-corrected chi connectivity index (χ4v) is 4.02. The highest BCUT2D eigenvalue weighted by Crippen LogP contribution is 2.29. The van der Waals surface area contributed by atoms with E-state index in [2.05, 4.69) is 10.5 Å². The van der Waals surface area contributed by atoms with E-state index >= 15 is 0 Å². The first-order chi connectivity index (χ1) is 12.5. The molecule has 1 amide bonds. The summed E-state index contributed by atoms with van der Waals surface area (Å²) >= 11 is 5.73. The number of nitrogens with zero attached hydrogens (tertiary/aromatic N) is 3. The average molecular weight is 417 g/mol. The van der Waals surface area contributed by atoms with Gasteiger partial charge in [0.05, 0.1) is 16.4 Å². The van der Waals surface area contributed by atoms with Crippen molar-refractivity contribution in [2.75, 3.05) is 11.9 Å². The minimum atomic E-state index is -4.19. The number of anilines is 1. The number of aryl methyl sites for hydroxylation is 1. The highest BCUT2D eigenvalue weighted by atomic mass is 35.5. The summed E-state index contributed by atoms with van der Waals surface area (Å²) in [6, 6.07) is 4.04. The van der Waals surface area contributed by atoms with Crippen LogP contribution in [0, 0.1) is 17.0 Å². The van der Waals surface area contributed by atoms with Crippen LogP contribution in [0.5, 0.6) is 0 Å². The highest BCUT2D eigenvalue weighted by Gasteiger charge is 2.31. The molecule has 0 spiro atoms.